The second-order valence-corrected chi connectivity index (χ2v) is 5.03. The Hall–Kier alpha value is -2.12. The fourth-order valence-electron chi connectivity index (χ4n) is 2.46. The number of nitrogens with zero attached hydrogens (tertiary/aromatic N) is 1. The van der Waals surface area contributed by atoms with Crippen LogP contribution in [0.4, 0.5) is 4.79 Å². The Morgan fingerprint density at radius 3 is 2.29 bits per heavy atom. The maximum Gasteiger partial charge on any atom is 0.326 e. The van der Waals surface area contributed by atoms with Gasteiger partial charge < -0.3 is 15.8 Å². The average Bonchev–Trinajstić information content (AvgIpc) is 2.62. The number of esters is 1. The van der Waals surface area contributed by atoms with Crippen molar-refractivity contribution in [1.82, 2.24) is 10.2 Å². The first-order valence-electron chi connectivity index (χ1n) is 6.94. The number of amides is 4. The van der Waals surface area contributed by atoms with Crippen molar-refractivity contribution >= 4 is 23.8 Å². The lowest BCUT2D eigenvalue weighted by molar-refractivity contribution is -0.150. The average molecular weight is 299 g/mol. The summed E-state index contributed by atoms with van der Waals surface area (Å²) in [5, 5.41) is 2.68. The Balaban J connectivity index is 2.76. The molecule has 0 aliphatic carbocycles. The van der Waals surface area contributed by atoms with E-state index in [2.05, 4.69) is 10.1 Å². The Morgan fingerprint density at radius 2 is 1.81 bits per heavy atom. The summed E-state index contributed by atoms with van der Waals surface area (Å²) in [6.45, 7) is 2.74. The van der Waals surface area contributed by atoms with Crippen molar-refractivity contribution in [1.29, 1.82) is 0 Å². The van der Waals surface area contributed by atoms with Crippen molar-refractivity contribution in [2.75, 3.05) is 13.2 Å². The molecule has 1 fully saturated rings. The molecule has 0 saturated carbocycles. The van der Waals surface area contributed by atoms with Crippen molar-refractivity contribution in [3.05, 3.63) is 0 Å². The fraction of sp³-hybridized carbons (Fsp3) is 0.692. The van der Waals surface area contributed by atoms with Gasteiger partial charge in [0, 0.05) is 0 Å². The lowest BCUT2D eigenvalue weighted by Gasteiger charge is -2.25. The normalized spacial score (nSPS) is 16.8. The molecule has 1 heterocycles. The molecule has 21 heavy (non-hydrogen) atoms. The van der Waals surface area contributed by atoms with E-state index in [0.717, 1.165) is 17.7 Å². The summed E-state index contributed by atoms with van der Waals surface area (Å²) >= 11 is 0. The Labute approximate surface area is 123 Å². The molecule has 0 spiro atoms. The highest BCUT2D eigenvalue weighted by Gasteiger charge is 2.50. The predicted molar refractivity (Wildman–Crippen MR) is 72.9 cm³/mol. The first-order chi connectivity index (χ1) is 9.86. The molecule has 0 aromatic rings. The molecule has 1 saturated heterocycles. The SMILES string of the molecule is CCCC1(CCC)NC(=O)N(CC(=O)OCC(N)=O)C1=O. The highest BCUT2D eigenvalue weighted by atomic mass is 16.5. The van der Waals surface area contributed by atoms with Crippen molar-refractivity contribution in [2.45, 2.75) is 45.1 Å². The summed E-state index contributed by atoms with van der Waals surface area (Å²) in [6, 6.07) is -0.613. The number of urea groups is 1. The van der Waals surface area contributed by atoms with Crippen molar-refractivity contribution in [3.63, 3.8) is 0 Å². The minimum atomic E-state index is -0.940. The topological polar surface area (TPSA) is 119 Å². The van der Waals surface area contributed by atoms with Gasteiger partial charge in [0.2, 0.25) is 0 Å². The molecule has 1 aliphatic heterocycles. The largest absolute Gasteiger partial charge is 0.454 e. The van der Waals surface area contributed by atoms with E-state index < -0.39 is 42.5 Å². The third-order valence-corrected chi connectivity index (χ3v) is 3.26. The van der Waals surface area contributed by atoms with Gasteiger partial charge >= 0.3 is 12.0 Å². The number of ether oxygens (including phenoxy) is 1. The first kappa shape index (κ1) is 16.9. The van der Waals surface area contributed by atoms with Crippen LogP contribution in [0.1, 0.15) is 39.5 Å². The quantitative estimate of drug-likeness (QED) is 0.479. The second kappa shape index (κ2) is 7.05. The molecule has 118 valence electrons. The van der Waals surface area contributed by atoms with E-state index in [0.29, 0.717) is 12.8 Å². The first-order valence-corrected chi connectivity index (χ1v) is 6.94. The van der Waals surface area contributed by atoms with Gasteiger partial charge in [-0.15, -0.1) is 0 Å². The number of imide groups is 1. The van der Waals surface area contributed by atoms with Crippen LogP contribution >= 0.6 is 0 Å². The summed E-state index contributed by atoms with van der Waals surface area (Å²) in [4.78, 5) is 47.2. The molecule has 4 amide bonds. The maximum atomic E-state index is 12.4. The van der Waals surface area contributed by atoms with Gasteiger partial charge in [0.1, 0.15) is 12.1 Å². The number of carbonyl (C=O) groups is 4. The molecule has 8 nitrogen and oxygen atoms in total. The number of carbonyl (C=O) groups excluding carboxylic acids is 4. The summed E-state index contributed by atoms with van der Waals surface area (Å²) < 4.78 is 4.56. The molecule has 0 atom stereocenters. The second-order valence-electron chi connectivity index (χ2n) is 5.03. The summed E-state index contributed by atoms with van der Waals surface area (Å²) in [5.41, 5.74) is 3.91. The number of hydrogen-bond acceptors (Lipinski definition) is 5. The van der Waals surface area contributed by atoms with Crippen molar-refractivity contribution in [3.8, 4) is 0 Å². The highest BCUT2D eigenvalue weighted by molar-refractivity contribution is 6.08. The molecule has 0 aromatic carbocycles. The number of nitrogens with one attached hydrogen (secondary N) is 1. The van der Waals surface area contributed by atoms with Crippen LogP contribution in [-0.4, -0.2) is 47.4 Å². The van der Waals surface area contributed by atoms with Crippen LogP contribution in [0.3, 0.4) is 0 Å². The zero-order valence-electron chi connectivity index (χ0n) is 12.3. The lowest BCUT2D eigenvalue weighted by Crippen LogP contribution is -2.47. The van der Waals surface area contributed by atoms with Gasteiger partial charge in [-0.25, -0.2) is 4.79 Å². The van der Waals surface area contributed by atoms with Gasteiger partial charge in [-0.3, -0.25) is 19.3 Å². The van der Waals surface area contributed by atoms with E-state index >= 15 is 0 Å². The van der Waals surface area contributed by atoms with Crippen molar-refractivity contribution in [2.24, 2.45) is 5.73 Å². The van der Waals surface area contributed by atoms with Crippen LogP contribution in [0.2, 0.25) is 0 Å². The van der Waals surface area contributed by atoms with Gasteiger partial charge in [-0.05, 0) is 12.8 Å². The predicted octanol–water partition coefficient (Wildman–Crippen LogP) is -0.0943. The van der Waals surface area contributed by atoms with Gasteiger partial charge in [0.25, 0.3) is 11.8 Å². The molecule has 1 aliphatic rings. The molecule has 1 rings (SSSR count). The standard InChI is InChI=1S/C13H21N3O5/c1-3-5-13(6-4-2)11(19)16(12(20)15-13)7-10(18)21-8-9(14)17/h3-8H2,1-2H3,(H2,14,17)(H,15,20). The number of hydrogen-bond donors (Lipinski definition) is 2. The molecule has 0 aromatic heterocycles. The highest BCUT2D eigenvalue weighted by Crippen LogP contribution is 2.27. The number of nitrogens with two attached hydrogens (primary N) is 1. The Morgan fingerprint density at radius 1 is 1.24 bits per heavy atom. The number of rotatable bonds is 8. The van der Waals surface area contributed by atoms with Crippen LogP contribution in [0, 0.1) is 0 Å². The van der Waals surface area contributed by atoms with E-state index in [4.69, 9.17) is 5.73 Å². The van der Waals surface area contributed by atoms with Gasteiger partial charge in [-0.2, -0.15) is 0 Å². The fourth-order valence-corrected chi connectivity index (χ4v) is 2.46. The van der Waals surface area contributed by atoms with Crippen LogP contribution in [0.25, 0.3) is 0 Å². The minimum absolute atomic E-state index is 0.424. The van der Waals surface area contributed by atoms with E-state index in [1.807, 2.05) is 13.8 Å². The summed E-state index contributed by atoms with van der Waals surface area (Å²) in [5.74, 6) is -2.07. The van der Waals surface area contributed by atoms with Crippen LogP contribution in [-0.2, 0) is 19.1 Å². The maximum absolute atomic E-state index is 12.4. The van der Waals surface area contributed by atoms with E-state index in [-0.39, 0.29) is 0 Å². The molecule has 0 bridgehead atoms. The zero-order valence-corrected chi connectivity index (χ0v) is 12.3. The van der Waals surface area contributed by atoms with Gasteiger partial charge in [0.05, 0.1) is 0 Å². The third kappa shape index (κ3) is 3.93. The molecule has 3 N–H and O–H groups in total. The molecular formula is C13H21N3O5. The zero-order chi connectivity index (χ0) is 16.0. The molecule has 0 unspecified atom stereocenters. The third-order valence-electron chi connectivity index (χ3n) is 3.26. The molecule has 0 radical (unpaired) electrons. The smallest absolute Gasteiger partial charge is 0.326 e. The van der Waals surface area contributed by atoms with E-state index in [1.54, 1.807) is 0 Å². The minimum Gasteiger partial charge on any atom is -0.454 e. The Kier molecular flexibility index (Phi) is 5.69. The van der Waals surface area contributed by atoms with Crippen LogP contribution < -0.4 is 11.1 Å². The molecule has 8 heteroatoms. The summed E-state index contributed by atoms with van der Waals surface area (Å²) in [7, 11) is 0. The van der Waals surface area contributed by atoms with Crippen molar-refractivity contribution < 1.29 is 23.9 Å². The Bertz CT molecular complexity index is 443. The lowest BCUT2D eigenvalue weighted by atomic mass is 9.88. The number of primary amides is 1. The van der Waals surface area contributed by atoms with Crippen LogP contribution in [0.15, 0.2) is 0 Å². The molecular weight excluding hydrogens is 278 g/mol. The monoisotopic (exact) mass is 299 g/mol. The summed E-state index contributed by atoms with van der Waals surface area (Å²) in [6.07, 6.45) is 2.48. The van der Waals surface area contributed by atoms with Gasteiger partial charge in [0.15, 0.2) is 6.61 Å². The van der Waals surface area contributed by atoms with Gasteiger partial charge in [-0.1, -0.05) is 26.7 Å². The van der Waals surface area contributed by atoms with E-state index in [1.165, 1.54) is 0 Å². The van der Waals surface area contributed by atoms with E-state index in [9.17, 15) is 19.2 Å². The van der Waals surface area contributed by atoms with Crippen LogP contribution in [0.5, 0.6) is 0 Å².